The van der Waals surface area contributed by atoms with Crippen LogP contribution in [0.4, 0.5) is 5.82 Å². The van der Waals surface area contributed by atoms with Crippen molar-refractivity contribution in [3.05, 3.63) is 17.6 Å². The lowest BCUT2D eigenvalue weighted by molar-refractivity contribution is 0.183. The molecule has 0 aromatic carbocycles. The first kappa shape index (κ1) is 11.9. The van der Waals surface area contributed by atoms with Crippen LogP contribution in [-0.4, -0.2) is 27.7 Å². The van der Waals surface area contributed by atoms with Crippen molar-refractivity contribution in [2.24, 2.45) is 0 Å². The molecule has 0 saturated heterocycles. The molecule has 1 aromatic rings. The highest BCUT2D eigenvalue weighted by Gasteiger charge is 1.99. The maximum Gasteiger partial charge on any atom is 0.144 e. The van der Waals surface area contributed by atoms with Gasteiger partial charge in [0.25, 0.3) is 0 Å². The van der Waals surface area contributed by atoms with Gasteiger partial charge in [-0.25, -0.2) is 4.98 Å². The molecule has 0 aliphatic rings. The molecule has 1 atom stereocenters. The van der Waals surface area contributed by atoms with E-state index in [4.69, 9.17) is 5.11 Å². The number of nitrogens with one attached hydrogen (secondary N) is 1. The number of rotatable bonds is 5. The van der Waals surface area contributed by atoms with Gasteiger partial charge < -0.3 is 10.4 Å². The number of nitrogens with zero attached hydrogens (tertiary/aromatic N) is 2. The van der Waals surface area contributed by atoms with E-state index < -0.39 is 0 Å². The Balaban J connectivity index is 2.35. The van der Waals surface area contributed by atoms with E-state index in [2.05, 4.69) is 15.3 Å². The van der Waals surface area contributed by atoms with Gasteiger partial charge in [-0.15, -0.1) is 0 Å². The average molecular weight is 209 g/mol. The minimum atomic E-state index is -0.224. The molecule has 0 fully saturated rings. The fraction of sp³-hybridized carbons (Fsp3) is 0.636. The molecule has 1 unspecified atom stereocenters. The van der Waals surface area contributed by atoms with Crippen LogP contribution in [0.2, 0.25) is 0 Å². The molecule has 0 bridgehead atoms. The van der Waals surface area contributed by atoms with Crippen molar-refractivity contribution in [1.29, 1.82) is 0 Å². The molecular weight excluding hydrogens is 190 g/mol. The Morgan fingerprint density at radius 3 is 2.73 bits per heavy atom. The summed E-state index contributed by atoms with van der Waals surface area (Å²) in [7, 11) is 0. The van der Waals surface area contributed by atoms with Crippen LogP contribution >= 0.6 is 0 Å². The second-order valence-electron chi connectivity index (χ2n) is 3.84. The van der Waals surface area contributed by atoms with Crippen LogP contribution in [0.1, 0.15) is 31.2 Å². The summed E-state index contributed by atoms with van der Waals surface area (Å²) in [4.78, 5) is 8.57. The average Bonchev–Trinajstić information content (AvgIpc) is 2.18. The summed E-state index contributed by atoms with van der Waals surface area (Å²) >= 11 is 0. The van der Waals surface area contributed by atoms with E-state index in [0.29, 0.717) is 0 Å². The lowest BCUT2D eigenvalue weighted by Crippen LogP contribution is -2.08. The molecule has 4 heteroatoms. The van der Waals surface area contributed by atoms with Crippen LogP contribution in [0.5, 0.6) is 0 Å². The van der Waals surface area contributed by atoms with Gasteiger partial charge in [0.15, 0.2) is 0 Å². The minimum Gasteiger partial charge on any atom is -0.393 e. The number of aromatic nitrogens is 2. The molecule has 1 rings (SSSR count). The molecule has 0 spiro atoms. The molecule has 0 aliphatic heterocycles. The molecule has 0 saturated carbocycles. The minimum absolute atomic E-state index is 0.224. The van der Waals surface area contributed by atoms with E-state index in [0.717, 1.165) is 36.6 Å². The van der Waals surface area contributed by atoms with Crippen LogP contribution in [0.25, 0.3) is 0 Å². The molecule has 15 heavy (non-hydrogen) atoms. The number of hydrogen-bond acceptors (Lipinski definition) is 4. The van der Waals surface area contributed by atoms with E-state index in [1.807, 2.05) is 13.8 Å². The second-order valence-corrected chi connectivity index (χ2v) is 3.84. The van der Waals surface area contributed by atoms with Gasteiger partial charge in [0.2, 0.25) is 0 Å². The first-order valence-electron chi connectivity index (χ1n) is 5.32. The standard InChI is InChI=1S/C11H19N3O/c1-8(15)5-4-6-12-11-7-13-9(2)10(3)14-11/h7-8,15H,4-6H2,1-3H3,(H,12,14). The highest BCUT2D eigenvalue weighted by Crippen LogP contribution is 2.06. The van der Waals surface area contributed by atoms with Crippen LogP contribution in [0.3, 0.4) is 0 Å². The highest BCUT2D eigenvalue weighted by atomic mass is 16.3. The molecule has 84 valence electrons. The lowest BCUT2D eigenvalue weighted by Gasteiger charge is -2.07. The zero-order valence-corrected chi connectivity index (χ0v) is 9.62. The SMILES string of the molecule is Cc1ncc(NCCCC(C)O)nc1C. The Morgan fingerprint density at radius 2 is 2.13 bits per heavy atom. The lowest BCUT2D eigenvalue weighted by atomic mass is 10.2. The molecule has 0 radical (unpaired) electrons. The van der Waals surface area contributed by atoms with Crippen molar-refractivity contribution < 1.29 is 5.11 Å². The van der Waals surface area contributed by atoms with Crippen molar-refractivity contribution >= 4 is 5.82 Å². The molecule has 4 nitrogen and oxygen atoms in total. The molecule has 2 N–H and O–H groups in total. The first-order valence-corrected chi connectivity index (χ1v) is 5.32. The Labute approximate surface area is 90.8 Å². The normalized spacial score (nSPS) is 12.5. The Hall–Kier alpha value is -1.16. The zero-order valence-electron chi connectivity index (χ0n) is 9.62. The summed E-state index contributed by atoms with van der Waals surface area (Å²) in [6.07, 6.45) is 3.26. The number of aliphatic hydroxyl groups excluding tert-OH is 1. The zero-order chi connectivity index (χ0) is 11.3. The van der Waals surface area contributed by atoms with Crippen molar-refractivity contribution in [3.8, 4) is 0 Å². The fourth-order valence-electron chi connectivity index (χ4n) is 1.24. The van der Waals surface area contributed by atoms with Gasteiger partial charge in [-0.3, -0.25) is 4.98 Å². The third-order valence-electron chi connectivity index (χ3n) is 2.30. The second kappa shape index (κ2) is 5.66. The summed E-state index contributed by atoms with van der Waals surface area (Å²) in [5.74, 6) is 0.809. The Bertz CT molecular complexity index is 313. The molecule has 1 heterocycles. The van der Waals surface area contributed by atoms with Crippen molar-refractivity contribution in [2.75, 3.05) is 11.9 Å². The highest BCUT2D eigenvalue weighted by molar-refractivity contribution is 5.32. The summed E-state index contributed by atoms with van der Waals surface area (Å²) in [6.45, 7) is 6.51. The smallest absolute Gasteiger partial charge is 0.144 e. The van der Waals surface area contributed by atoms with E-state index >= 15 is 0 Å². The molecule has 1 aromatic heterocycles. The Morgan fingerprint density at radius 1 is 1.40 bits per heavy atom. The summed E-state index contributed by atoms with van der Waals surface area (Å²) in [6, 6.07) is 0. The van der Waals surface area contributed by atoms with Gasteiger partial charge in [-0.2, -0.15) is 0 Å². The summed E-state index contributed by atoms with van der Waals surface area (Å²) in [5.41, 5.74) is 1.92. The van der Waals surface area contributed by atoms with Gasteiger partial charge in [-0.05, 0) is 33.6 Å². The number of aliphatic hydroxyl groups is 1. The monoisotopic (exact) mass is 209 g/mol. The summed E-state index contributed by atoms with van der Waals surface area (Å²) in [5, 5.41) is 12.3. The van der Waals surface area contributed by atoms with Gasteiger partial charge in [-0.1, -0.05) is 0 Å². The van der Waals surface area contributed by atoms with Crippen LogP contribution in [0, 0.1) is 13.8 Å². The summed E-state index contributed by atoms with van der Waals surface area (Å²) < 4.78 is 0. The molecular formula is C11H19N3O. The van der Waals surface area contributed by atoms with Gasteiger partial charge in [0.1, 0.15) is 5.82 Å². The maximum absolute atomic E-state index is 9.07. The Kier molecular flexibility index (Phi) is 4.49. The number of anilines is 1. The fourth-order valence-corrected chi connectivity index (χ4v) is 1.24. The van der Waals surface area contributed by atoms with Crippen molar-refractivity contribution in [1.82, 2.24) is 9.97 Å². The van der Waals surface area contributed by atoms with Crippen molar-refractivity contribution in [3.63, 3.8) is 0 Å². The maximum atomic E-state index is 9.07. The molecule has 0 amide bonds. The predicted octanol–water partition coefficient (Wildman–Crippen LogP) is 1.67. The van der Waals surface area contributed by atoms with E-state index in [1.54, 1.807) is 13.1 Å². The number of hydrogen-bond donors (Lipinski definition) is 2. The van der Waals surface area contributed by atoms with Gasteiger partial charge in [0, 0.05) is 6.54 Å². The number of aryl methyl sites for hydroxylation is 2. The first-order chi connectivity index (χ1) is 7.09. The van der Waals surface area contributed by atoms with Crippen molar-refractivity contribution in [2.45, 2.75) is 39.7 Å². The van der Waals surface area contributed by atoms with E-state index in [-0.39, 0.29) is 6.10 Å². The topological polar surface area (TPSA) is 58.0 Å². The third kappa shape index (κ3) is 4.25. The quantitative estimate of drug-likeness (QED) is 0.724. The van der Waals surface area contributed by atoms with E-state index in [9.17, 15) is 0 Å². The largest absolute Gasteiger partial charge is 0.393 e. The van der Waals surface area contributed by atoms with Gasteiger partial charge >= 0.3 is 0 Å². The third-order valence-corrected chi connectivity index (χ3v) is 2.30. The van der Waals surface area contributed by atoms with E-state index in [1.165, 1.54) is 0 Å². The van der Waals surface area contributed by atoms with Gasteiger partial charge in [0.05, 0.1) is 23.7 Å². The predicted molar refractivity (Wildman–Crippen MR) is 60.9 cm³/mol. The van der Waals surface area contributed by atoms with Crippen LogP contribution in [0.15, 0.2) is 6.20 Å². The van der Waals surface area contributed by atoms with Crippen LogP contribution < -0.4 is 5.32 Å². The van der Waals surface area contributed by atoms with Crippen LogP contribution in [-0.2, 0) is 0 Å². The molecule has 0 aliphatic carbocycles.